The lowest BCUT2D eigenvalue weighted by Crippen LogP contribution is -2.47. The second-order valence-corrected chi connectivity index (χ2v) is 6.44. The molecule has 0 saturated carbocycles. The predicted octanol–water partition coefficient (Wildman–Crippen LogP) is 2.94. The molecule has 26 heavy (non-hydrogen) atoms. The number of carbonyl (C=O) groups is 1. The molecule has 2 aliphatic rings. The topological polar surface area (TPSA) is 63.7 Å². The first-order valence-electron chi connectivity index (χ1n) is 8.70. The highest BCUT2D eigenvalue weighted by Crippen LogP contribution is 2.31. The normalized spacial score (nSPS) is 18.9. The molecular weight excluding hydrogens is 337 g/mol. The molecule has 1 N–H and O–H groups in total. The van der Waals surface area contributed by atoms with Crippen LogP contribution in [0.4, 0.5) is 15.9 Å². The minimum atomic E-state index is -0.497. The van der Waals surface area contributed by atoms with Gasteiger partial charge in [0.05, 0.1) is 24.5 Å². The average Bonchev–Trinajstić information content (AvgIpc) is 3.12. The zero-order chi connectivity index (χ0) is 18.0. The third-order valence-electron chi connectivity index (χ3n) is 4.77. The maximum absolute atomic E-state index is 13.7. The Hall–Kier alpha value is -2.51. The van der Waals surface area contributed by atoms with Crippen LogP contribution in [-0.2, 0) is 9.47 Å². The van der Waals surface area contributed by atoms with Gasteiger partial charge in [-0.1, -0.05) is 12.1 Å². The Morgan fingerprint density at radius 2 is 1.85 bits per heavy atom. The molecule has 0 radical (unpaired) electrons. The number of para-hydroxylation sites is 1. The quantitative estimate of drug-likeness (QED) is 0.915. The van der Waals surface area contributed by atoms with Crippen molar-refractivity contribution in [1.29, 1.82) is 0 Å². The number of anilines is 2. The second kappa shape index (κ2) is 7.01. The molecule has 1 aromatic carbocycles. The molecule has 0 unspecified atom stereocenters. The summed E-state index contributed by atoms with van der Waals surface area (Å²) in [5.41, 5.74) is 0.852. The Labute approximate surface area is 150 Å². The number of ether oxygens (including phenoxy) is 2. The summed E-state index contributed by atoms with van der Waals surface area (Å²) < 4.78 is 25.1. The molecule has 0 bridgehead atoms. The molecule has 2 aromatic rings. The van der Waals surface area contributed by atoms with Gasteiger partial charge in [-0.05, 0) is 24.3 Å². The highest BCUT2D eigenvalue weighted by molar-refractivity contribution is 5.94. The Morgan fingerprint density at radius 1 is 1.12 bits per heavy atom. The highest BCUT2D eigenvalue weighted by Gasteiger charge is 2.40. The SMILES string of the molecule is O=C(c1ccc(Nc2ccccc2F)nc1)N1CCC2(CC1)OCCO2. The molecule has 136 valence electrons. The summed E-state index contributed by atoms with van der Waals surface area (Å²) in [5, 5.41) is 2.91. The van der Waals surface area contributed by atoms with Crippen molar-refractivity contribution >= 4 is 17.4 Å². The third-order valence-corrected chi connectivity index (χ3v) is 4.77. The monoisotopic (exact) mass is 357 g/mol. The van der Waals surface area contributed by atoms with E-state index in [-0.39, 0.29) is 11.7 Å². The number of carbonyl (C=O) groups excluding carboxylic acids is 1. The van der Waals surface area contributed by atoms with E-state index in [0.29, 0.717) is 56.2 Å². The van der Waals surface area contributed by atoms with Crippen molar-refractivity contribution in [1.82, 2.24) is 9.88 Å². The largest absolute Gasteiger partial charge is 0.347 e. The van der Waals surface area contributed by atoms with Gasteiger partial charge in [0.25, 0.3) is 5.91 Å². The lowest BCUT2D eigenvalue weighted by Gasteiger charge is -2.37. The van der Waals surface area contributed by atoms with Gasteiger partial charge in [0.1, 0.15) is 11.6 Å². The molecule has 1 amide bonds. The number of rotatable bonds is 3. The lowest BCUT2D eigenvalue weighted by molar-refractivity contribution is -0.181. The molecule has 0 aliphatic carbocycles. The molecule has 1 spiro atoms. The first kappa shape index (κ1) is 16.9. The van der Waals surface area contributed by atoms with Crippen LogP contribution in [0.15, 0.2) is 42.6 Å². The zero-order valence-corrected chi connectivity index (χ0v) is 14.3. The molecule has 2 fully saturated rings. The highest BCUT2D eigenvalue weighted by atomic mass is 19.1. The Balaban J connectivity index is 1.39. The van der Waals surface area contributed by atoms with Crippen LogP contribution >= 0.6 is 0 Å². The Morgan fingerprint density at radius 3 is 2.50 bits per heavy atom. The predicted molar refractivity (Wildman–Crippen MR) is 93.7 cm³/mol. The van der Waals surface area contributed by atoms with Gasteiger partial charge in [0.15, 0.2) is 5.79 Å². The van der Waals surface area contributed by atoms with Crippen molar-refractivity contribution in [2.24, 2.45) is 0 Å². The second-order valence-electron chi connectivity index (χ2n) is 6.44. The fourth-order valence-electron chi connectivity index (χ4n) is 3.31. The Kier molecular flexibility index (Phi) is 4.57. The number of aromatic nitrogens is 1. The van der Waals surface area contributed by atoms with Gasteiger partial charge in [-0.3, -0.25) is 4.79 Å². The molecule has 2 saturated heterocycles. The van der Waals surface area contributed by atoms with E-state index in [1.54, 1.807) is 35.2 Å². The minimum absolute atomic E-state index is 0.0669. The van der Waals surface area contributed by atoms with E-state index in [4.69, 9.17) is 9.47 Å². The van der Waals surface area contributed by atoms with Crippen LogP contribution in [0.25, 0.3) is 0 Å². The van der Waals surface area contributed by atoms with Crippen molar-refractivity contribution in [2.45, 2.75) is 18.6 Å². The van der Waals surface area contributed by atoms with Crippen LogP contribution in [-0.4, -0.2) is 47.9 Å². The van der Waals surface area contributed by atoms with Crippen LogP contribution in [0.3, 0.4) is 0 Å². The molecular formula is C19H20FN3O3. The standard InChI is InChI=1S/C19H20FN3O3/c20-15-3-1-2-4-16(15)22-17-6-5-14(13-21-17)18(24)23-9-7-19(8-10-23)25-11-12-26-19/h1-6,13H,7-12H2,(H,21,22). The van der Waals surface area contributed by atoms with Gasteiger partial charge < -0.3 is 19.7 Å². The number of pyridine rings is 1. The third kappa shape index (κ3) is 3.40. The number of halogens is 1. The van der Waals surface area contributed by atoms with E-state index in [2.05, 4.69) is 10.3 Å². The molecule has 1 aromatic heterocycles. The number of benzene rings is 1. The van der Waals surface area contributed by atoms with Crippen LogP contribution in [0.1, 0.15) is 23.2 Å². The van der Waals surface area contributed by atoms with E-state index < -0.39 is 5.79 Å². The maximum atomic E-state index is 13.7. The first-order chi connectivity index (χ1) is 12.7. The molecule has 3 heterocycles. The summed E-state index contributed by atoms with van der Waals surface area (Å²) in [6, 6.07) is 9.75. The van der Waals surface area contributed by atoms with Crippen LogP contribution < -0.4 is 5.32 Å². The van der Waals surface area contributed by atoms with E-state index in [0.717, 1.165) is 0 Å². The van der Waals surface area contributed by atoms with Crippen molar-refractivity contribution in [3.63, 3.8) is 0 Å². The summed E-state index contributed by atoms with van der Waals surface area (Å²) in [4.78, 5) is 18.7. The van der Waals surface area contributed by atoms with Crippen molar-refractivity contribution in [2.75, 3.05) is 31.6 Å². The summed E-state index contributed by atoms with van der Waals surface area (Å²) in [6.45, 7) is 2.42. The zero-order valence-electron chi connectivity index (χ0n) is 14.3. The van der Waals surface area contributed by atoms with E-state index in [1.807, 2.05) is 0 Å². The van der Waals surface area contributed by atoms with Gasteiger partial charge in [-0.2, -0.15) is 0 Å². The number of likely N-dealkylation sites (tertiary alicyclic amines) is 1. The fourth-order valence-corrected chi connectivity index (χ4v) is 3.31. The molecule has 4 rings (SSSR count). The van der Waals surface area contributed by atoms with Crippen molar-refractivity contribution < 1.29 is 18.7 Å². The summed E-state index contributed by atoms with van der Waals surface area (Å²) >= 11 is 0. The minimum Gasteiger partial charge on any atom is -0.347 e. The number of piperidine rings is 1. The van der Waals surface area contributed by atoms with E-state index in [1.165, 1.54) is 12.3 Å². The van der Waals surface area contributed by atoms with E-state index >= 15 is 0 Å². The fraction of sp³-hybridized carbons (Fsp3) is 0.368. The number of hydrogen-bond donors (Lipinski definition) is 1. The Bertz CT molecular complexity index is 781. The summed E-state index contributed by atoms with van der Waals surface area (Å²) in [5.74, 6) is -0.435. The summed E-state index contributed by atoms with van der Waals surface area (Å²) in [6.07, 6.45) is 2.87. The lowest BCUT2D eigenvalue weighted by atomic mass is 10.0. The van der Waals surface area contributed by atoms with Crippen LogP contribution in [0.2, 0.25) is 0 Å². The van der Waals surface area contributed by atoms with Gasteiger partial charge in [0, 0.05) is 32.1 Å². The van der Waals surface area contributed by atoms with Gasteiger partial charge in [-0.15, -0.1) is 0 Å². The number of amides is 1. The number of hydrogen-bond acceptors (Lipinski definition) is 5. The average molecular weight is 357 g/mol. The smallest absolute Gasteiger partial charge is 0.255 e. The van der Waals surface area contributed by atoms with Crippen molar-refractivity contribution in [3.05, 3.63) is 54.0 Å². The van der Waals surface area contributed by atoms with Gasteiger partial charge >= 0.3 is 0 Å². The molecule has 6 nitrogen and oxygen atoms in total. The molecule has 2 aliphatic heterocycles. The summed E-state index contributed by atoms with van der Waals surface area (Å²) in [7, 11) is 0. The maximum Gasteiger partial charge on any atom is 0.255 e. The molecule has 0 atom stereocenters. The van der Waals surface area contributed by atoms with Crippen molar-refractivity contribution in [3.8, 4) is 0 Å². The first-order valence-corrected chi connectivity index (χ1v) is 8.70. The van der Waals surface area contributed by atoms with Gasteiger partial charge in [0.2, 0.25) is 0 Å². The van der Waals surface area contributed by atoms with Crippen LogP contribution in [0, 0.1) is 5.82 Å². The van der Waals surface area contributed by atoms with E-state index in [9.17, 15) is 9.18 Å². The van der Waals surface area contributed by atoms with Crippen LogP contribution in [0.5, 0.6) is 0 Å². The molecule has 7 heteroatoms. The van der Waals surface area contributed by atoms with Gasteiger partial charge in [-0.25, -0.2) is 9.37 Å². The number of nitrogens with one attached hydrogen (secondary N) is 1. The number of nitrogens with zero attached hydrogens (tertiary/aromatic N) is 2.